The van der Waals surface area contributed by atoms with Crippen molar-refractivity contribution in [3.8, 4) is 0 Å². The first-order valence-corrected chi connectivity index (χ1v) is 10.8. The molecule has 2 heterocycles. The Kier molecular flexibility index (Phi) is 8.50. The number of hydrogen-bond acceptors (Lipinski definition) is 4. The fourth-order valence-corrected chi connectivity index (χ4v) is 4.13. The summed E-state index contributed by atoms with van der Waals surface area (Å²) in [6, 6.07) is 11.9. The Labute approximate surface area is 188 Å². The zero-order chi connectivity index (χ0) is 22.9. The number of likely N-dealkylation sites (tertiary alicyclic amines) is 1. The van der Waals surface area contributed by atoms with Crippen molar-refractivity contribution in [1.29, 1.82) is 0 Å². The Morgan fingerprint density at radius 3 is 2.56 bits per heavy atom. The van der Waals surface area contributed by atoms with Crippen molar-refractivity contribution in [2.45, 2.75) is 25.3 Å². The number of hydrogen-bond donors (Lipinski definition) is 0. The van der Waals surface area contributed by atoms with Crippen molar-refractivity contribution in [3.05, 3.63) is 71.8 Å². The van der Waals surface area contributed by atoms with Crippen LogP contribution in [0.5, 0.6) is 0 Å². The lowest BCUT2D eigenvalue weighted by Crippen LogP contribution is -2.49. The fourth-order valence-electron chi connectivity index (χ4n) is 4.13. The van der Waals surface area contributed by atoms with Crippen LogP contribution < -0.4 is 0 Å². The molecule has 170 valence electrons. The van der Waals surface area contributed by atoms with Crippen LogP contribution in [0.25, 0.3) is 6.08 Å². The van der Waals surface area contributed by atoms with Gasteiger partial charge in [0.05, 0.1) is 5.69 Å². The van der Waals surface area contributed by atoms with E-state index in [0.29, 0.717) is 19.5 Å². The number of aromatic nitrogens is 1. The lowest BCUT2D eigenvalue weighted by Gasteiger charge is -2.40. The average molecular weight is 440 g/mol. The molecular formula is C25H30FN3O3. The molecule has 1 aliphatic rings. The third-order valence-electron chi connectivity index (χ3n) is 6.00. The van der Waals surface area contributed by atoms with Crippen LogP contribution in [0.4, 0.5) is 4.39 Å². The predicted molar refractivity (Wildman–Crippen MR) is 121 cm³/mol. The molecule has 0 aliphatic carbocycles. The number of rotatable bonds is 8. The van der Waals surface area contributed by atoms with E-state index >= 15 is 0 Å². The highest BCUT2D eigenvalue weighted by Crippen LogP contribution is 2.27. The van der Waals surface area contributed by atoms with Gasteiger partial charge in [0.25, 0.3) is 0 Å². The van der Waals surface area contributed by atoms with Gasteiger partial charge in [-0.05, 0) is 61.1 Å². The number of ether oxygens (including phenoxy) is 1. The highest BCUT2D eigenvalue weighted by Gasteiger charge is 2.32. The number of halogens is 1. The maximum absolute atomic E-state index is 13.3. The fraction of sp³-hybridized carbons (Fsp3) is 0.400. The van der Waals surface area contributed by atoms with Gasteiger partial charge in [-0.1, -0.05) is 18.2 Å². The molecule has 1 aliphatic heterocycles. The lowest BCUT2D eigenvalue weighted by atomic mass is 9.85. The van der Waals surface area contributed by atoms with Gasteiger partial charge in [0.1, 0.15) is 12.4 Å². The van der Waals surface area contributed by atoms with Gasteiger partial charge in [-0.25, -0.2) is 4.39 Å². The Morgan fingerprint density at radius 1 is 1.22 bits per heavy atom. The van der Waals surface area contributed by atoms with Crippen LogP contribution in [0.15, 0.2) is 54.7 Å². The first-order valence-electron chi connectivity index (χ1n) is 10.8. The molecule has 2 amide bonds. The minimum atomic E-state index is -0.278. The second-order valence-electron chi connectivity index (χ2n) is 8.09. The van der Waals surface area contributed by atoms with E-state index < -0.39 is 0 Å². The summed E-state index contributed by atoms with van der Waals surface area (Å²) in [6.07, 6.45) is 7.19. The first kappa shape index (κ1) is 23.6. The summed E-state index contributed by atoms with van der Waals surface area (Å²) in [5.74, 6) is -0.168. The number of amides is 2. The van der Waals surface area contributed by atoms with Crippen molar-refractivity contribution in [1.82, 2.24) is 14.8 Å². The van der Waals surface area contributed by atoms with Crippen molar-refractivity contribution in [2.24, 2.45) is 5.92 Å². The standard InChI is InChI=1S/C25H30FN3O3/c1-28(25(31)18-32-2)23(17-19-6-8-21(26)9-7-19)20-12-15-29(16-13-20)24(30)11-10-22-5-3-4-14-27-22/h3-11,14,20,23H,12-13,15-18H2,1-2H3/b11-10+/t23-/m0/s1. The van der Waals surface area contributed by atoms with E-state index in [4.69, 9.17) is 4.74 Å². The summed E-state index contributed by atoms with van der Waals surface area (Å²) in [5.41, 5.74) is 1.72. The van der Waals surface area contributed by atoms with Crippen molar-refractivity contribution < 1.29 is 18.7 Å². The summed E-state index contributed by atoms with van der Waals surface area (Å²) in [4.78, 5) is 32.9. The molecule has 1 fully saturated rings. The van der Waals surface area contributed by atoms with Gasteiger partial charge in [0.2, 0.25) is 11.8 Å². The zero-order valence-electron chi connectivity index (χ0n) is 18.6. The summed E-state index contributed by atoms with van der Waals surface area (Å²) in [7, 11) is 3.30. The first-order chi connectivity index (χ1) is 15.5. The van der Waals surface area contributed by atoms with E-state index in [0.717, 1.165) is 24.1 Å². The van der Waals surface area contributed by atoms with E-state index in [-0.39, 0.29) is 36.2 Å². The number of methoxy groups -OCH3 is 1. The minimum Gasteiger partial charge on any atom is -0.375 e. The smallest absolute Gasteiger partial charge is 0.248 e. The van der Waals surface area contributed by atoms with Crippen LogP contribution in [0.3, 0.4) is 0 Å². The topological polar surface area (TPSA) is 62.7 Å². The molecule has 6 nitrogen and oxygen atoms in total. The minimum absolute atomic E-state index is 0.0199. The van der Waals surface area contributed by atoms with E-state index in [1.165, 1.54) is 19.2 Å². The molecule has 32 heavy (non-hydrogen) atoms. The Hall–Kier alpha value is -3.06. The SMILES string of the molecule is COCC(=O)N(C)[C@@H](Cc1ccc(F)cc1)C1CCN(C(=O)/C=C/c2ccccn2)CC1. The van der Waals surface area contributed by atoms with Gasteiger partial charge >= 0.3 is 0 Å². The lowest BCUT2D eigenvalue weighted by molar-refractivity contribution is -0.138. The molecule has 1 atom stereocenters. The molecule has 1 aromatic carbocycles. The molecule has 0 N–H and O–H groups in total. The van der Waals surface area contributed by atoms with Crippen LogP contribution in [0, 0.1) is 11.7 Å². The van der Waals surface area contributed by atoms with Gasteiger partial charge in [0.15, 0.2) is 0 Å². The number of likely N-dealkylation sites (N-methyl/N-ethyl adjacent to an activating group) is 1. The Morgan fingerprint density at radius 2 is 1.94 bits per heavy atom. The molecule has 0 saturated carbocycles. The average Bonchev–Trinajstić information content (AvgIpc) is 2.82. The maximum atomic E-state index is 13.3. The summed E-state index contributed by atoms with van der Waals surface area (Å²) in [5, 5.41) is 0. The summed E-state index contributed by atoms with van der Waals surface area (Å²) >= 11 is 0. The summed E-state index contributed by atoms with van der Waals surface area (Å²) < 4.78 is 18.4. The zero-order valence-corrected chi connectivity index (χ0v) is 18.6. The van der Waals surface area contributed by atoms with Gasteiger partial charge in [-0.3, -0.25) is 14.6 Å². The molecule has 1 saturated heterocycles. The quantitative estimate of drug-likeness (QED) is 0.593. The van der Waals surface area contributed by atoms with Gasteiger partial charge in [-0.2, -0.15) is 0 Å². The summed E-state index contributed by atoms with van der Waals surface area (Å²) in [6.45, 7) is 1.27. The molecule has 3 rings (SSSR count). The molecule has 0 spiro atoms. The van der Waals surface area contributed by atoms with E-state index in [1.54, 1.807) is 42.4 Å². The normalized spacial score (nSPS) is 15.7. The Balaban J connectivity index is 1.64. The second-order valence-corrected chi connectivity index (χ2v) is 8.09. The third kappa shape index (κ3) is 6.47. The van der Waals surface area contributed by atoms with Gasteiger partial charge in [-0.15, -0.1) is 0 Å². The number of piperidine rings is 1. The van der Waals surface area contributed by atoms with Crippen molar-refractivity contribution in [3.63, 3.8) is 0 Å². The Bertz CT molecular complexity index is 910. The number of pyridine rings is 1. The molecular weight excluding hydrogens is 409 g/mol. The number of carbonyl (C=O) groups excluding carboxylic acids is 2. The number of benzene rings is 1. The number of nitrogens with zero attached hydrogens (tertiary/aromatic N) is 3. The van der Waals surface area contributed by atoms with Crippen molar-refractivity contribution >= 4 is 17.9 Å². The van der Waals surface area contributed by atoms with Crippen LogP contribution in [0.2, 0.25) is 0 Å². The molecule has 2 aromatic rings. The third-order valence-corrected chi connectivity index (χ3v) is 6.00. The monoisotopic (exact) mass is 439 g/mol. The van der Waals surface area contributed by atoms with E-state index in [1.807, 2.05) is 23.1 Å². The predicted octanol–water partition coefficient (Wildman–Crippen LogP) is 3.19. The van der Waals surface area contributed by atoms with Crippen LogP contribution >= 0.6 is 0 Å². The van der Waals surface area contributed by atoms with Crippen molar-refractivity contribution in [2.75, 3.05) is 33.9 Å². The van der Waals surface area contributed by atoms with Gasteiger partial charge < -0.3 is 14.5 Å². The van der Waals surface area contributed by atoms with E-state index in [9.17, 15) is 14.0 Å². The van der Waals surface area contributed by atoms with E-state index in [2.05, 4.69) is 4.98 Å². The molecule has 0 unspecified atom stereocenters. The van der Waals surface area contributed by atoms with Crippen LogP contribution in [0.1, 0.15) is 24.1 Å². The van der Waals surface area contributed by atoms with Gasteiger partial charge in [0, 0.05) is 45.6 Å². The molecule has 7 heteroatoms. The molecule has 1 aromatic heterocycles. The highest BCUT2D eigenvalue weighted by molar-refractivity contribution is 5.91. The largest absolute Gasteiger partial charge is 0.375 e. The maximum Gasteiger partial charge on any atom is 0.248 e. The van der Waals surface area contributed by atoms with Crippen LogP contribution in [-0.4, -0.2) is 66.5 Å². The second kappa shape index (κ2) is 11.5. The number of carbonyl (C=O) groups is 2. The highest BCUT2D eigenvalue weighted by atomic mass is 19.1. The molecule has 0 bridgehead atoms. The van der Waals surface area contributed by atoms with Crippen LogP contribution in [-0.2, 0) is 20.7 Å². The molecule has 0 radical (unpaired) electrons.